The van der Waals surface area contributed by atoms with Gasteiger partial charge in [0.15, 0.2) is 0 Å². The van der Waals surface area contributed by atoms with Gasteiger partial charge in [0.2, 0.25) is 0 Å². The summed E-state index contributed by atoms with van der Waals surface area (Å²) in [5.74, 6) is 0. The smallest absolute Gasteiger partial charge is 0.0820 e. The number of nitrogens with one attached hydrogen (secondary N) is 1. The second kappa shape index (κ2) is 5.30. The van der Waals surface area contributed by atoms with Gasteiger partial charge in [-0.3, -0.25) is 0 Å². The van der Waals surface area contributed by atoms with E-state index in [0.29, 0.717) is 0 Å². The van der Waals surface area contributed by atoms with Crippen LogP contribution in [0.4, 0.5) is 0 Å². The van der Waals surface area contributed by atoms with E-state index >= 15 is 0 Å². The molecule has 1 unspecified atom stereocenters. The maximum absolute atomic E-state index is 10.4. The van der Waals surface area contributed by atoms with Gasteiger partial charge in [0.05, 0.1) is 5.60 Å². The van der Waals surface area contributed by atoms with Crippen LogP contribution in [0.1, 0.15) is 35.9 Å². The minimum atomic E-state index is -0.507. The summed E-state index contributed by atoms with van der Waals surface area (Å²) in [5.41, 5.74) is -0.507. The molecule has 2 rings (SSSR count). The Morgan fingerprint density at radius 3 is 2.94 bits per heavy atom. The summed E-state index contributed by atoms with van der Waals surface area (Å²) in [6.45, 7) is 4.00. The van der Waals surface area contributed by atoms with E-state index in [0.717, 1.165) is 32.4 Å². The number of aliphatic hydroxyl groups is 1. The molecule has 90 valence electrons. The van der Waals surface area contributed by atoms with Crippen LogP contribution in [0.3, 0.4) is 0 Å². The normalized spacial score (nSPS) is 25.9. The van der Waals surface area contributed by atoms with E-state index < -0.39 is 5.60 Å². The average molecular weight is 239 g/mol. The zero-order valence-electron chi connectivity index (χ0n) is 9.96. The van der Waals surface area contributed by atoms with Crippen molar-refractivity contribution in [2.24, 2.45) is 0 Å². The van der Waals surface area contributed by atoms with E-state index in [1.807, 2.05) is 11.3 Å². The first-order valence-corrected chi connectivity index (χ1v) is 7.04. The molecule has 1 aromatic rings. The van der Waals surface area contributed by atoms with Crippen LogP contribution < -0.4 is 5.32 Å². The Morgan fingerprint density at radius 2 is 2.25 bits per heavy atom. The maximum Gasteiger partial charge on any atom is 0.0820 e. The van der Waals surface area contributed by atoms with Gasteiger partial charge in [-0.2, -0.15) is 0 Å². The Bertz CT molecular complexity index is 328. The molecule has 16 heavy (non-hydrogen) atoms. The van der Waals surface area contributed by atoms with Crippen molar-refractivity contribution >= 4 is 11.3 Å². The number of piperidine rings is 1. The lowest BCUT2D eigenvalue weighted by Crippen LogP contribution is -2.46. The highest BCUT2D eigenvalue weighted by atomic mass is 32.1. The van der Waals surface area contributed by atoms with Gasteiger partial charge in [-0.05, 0) is 37.9 Å². The molecule has 0 amide bonds. The molecule has 0 saturated carbocycles. The summed E-state index contributed by atoms with van der Waals surface area (Å²) in [4.78, 5) is 2.78. The Kier molecular flexibility index (Phi) is 4.00. The summed E-state index contributed by atoms with van der Waals surface area (Å²) in [5, 5.41) is 13.7. The minimum absolute atomic E-state index is 0.507. The predicted octanol–water partition coefficient (Wildman–Crippen LogP) is 2.36. The first-order chi connectivity index (χ1) is 7.72. The number of rotatable bonds is 4. The fourth-order valence-corrected chi connectivity index (χ4v) is 3.58. The highest BCUT2D eigenvalue weighted by Gasteiger charge is 2.29. The lowest BCUT2D eigenvalue weighted by molar-refractivity contribution is 0.0176. The van der Waals surface area contributed by atoms with E-state index in [-0.39, 0.29) is 0 Å². The minimum Gasteiger partial charge on any atom is -0.388 e. The fraction of sp³-hybridized carbons (Fsp3) is 0.692. The van der Waals surface area contributed by atoms with Crippen LogP contribution >= 0.6 is 11.3 Å². The molecule has 2 N–H and O–H groups in total. The van der Waals surface area contributed by atoms with Crippen LogP contribution in [0.5, 0.6) is 0 Å². The molecule has 0 bridgehead atoms. The molecule has 1 fully saturated rings. The van der Waals surface area contributed by atoms with Crippen molar-refractivity contribution in [2.75, 3.05) is 13.1 Å². The second-order valence-corrected chi connectivity index (χ2v) is 6.05. The third-order valence-electron chi connectivity index (χ3n) is 3.17. The third-order valence-corrected chi connectivity index (χ3v) is 4.31. The quantitative estimate of drug-likeness (QED) is 0.845. The Balaban J connectivity index is 1.96. The van der Waals surface area contributed by atoms with E-state index in [1.54, 1.807) is 0 Å². The van der Waals surface area contributed by atoms with Crippen LogP contribution in [0.2, 0.25) is 0 Å². The highest BCUT2D eigenvalue weighted by molar-refractivity contribution is 7.12. The summed E-state index contributed by atoms with van der Waals surface area (Å²) in [7, 11) is 0. The zero-order chi connectivity index (χ0) is 11.4. The number of aryl methyl sites for hydroxylation is 1. The van der Waals surface area contributed by atoms with Crippen molar-refractivity contribution in [1.29, 1.82) is 0 Å². The van der Waals surface area contributed by atoms with Crippen molar-refractivity contribution in [2.45, 2.75) is 44.6 Å². The molecule has 3 heteroatoms. The van der Waals surface area contributed by atoms with Crippen LogP contribution in [-0.2, 0) is 12.8 Å². The van der Waals surface area contributed by atoms with Gasteiger partial charge in [0.1, 0.15) is 0 Å². The molecule has 1 aromatic heterocycles. The number of hydrogen-bond donors (Lipinski definition) is 2. The SMILES string of the molecule is CCCc1ccc(CC2(O)CCCNC2)s1. The van der Waals surface area contributed by atoms with E-state index in [9.17, 15) is 5.11 Å². The van der Waals surface area contributed by atoms with Gasteiger partial charge in [-0.15, -0.1) is 11.3 Å². The van der Waals surface area contributed by atoms with Gasteiger partial charge in [-0.25, -0.2) is 0 Å². The van der Waals surface area contributed by atoms with Gasteiger partial charge in [0.25, 0.3) is 0 Å². The van der Waals surface area contributed by atoms with Crippen LogP contribution in [0.25, 0.3) is 0 Å². The van der Waals surface area contributed by atoms with Gasteiger partial charge in [-0.1, -0.05) is 13.3 Å². The molecular weight excluding hydrogens is 218 g/mol. The van der Waals surface area contributed by atoms with Gasteiger partial charge >= 0.3 is 0 Å². The Hall–Kier alpha value is -0.380. The molecule has 0 spiro atoms. The van der Waals surface area contributed by atoms with Crippen molar-refractivity contribution in [1.82, 2.24) is 5.32 Å². The monoisotopic (exact) mass is 239 g/mol. The predicted molar refractivity (Wildman–Crippen MR) is 69.1 cm³/mol. The molecule has 2 nitrogen and oxygen atoms in total. The van der Waals surface area contributed by atoms with E-state index in [1.165, 1.54) is 22.6 Å². The standard InChI is InChI=1S/C13H21NOS/c1-2-4-11-5-6-12(16-11)9-13(15)7-3-8-14-10-13/h5-6,14-15H,2-4,7-10H2,1H3. The summed E-state index contributed by atoms with van der Waals surface area (Å²) in [6.07, 6.45) is 5.20. The molecule has 1 aliphatic rings. The summed E-state index contributed by atoms with van der Waals surface area (Å²) >= 11 is 1.86. The molecule has 1 saturated heterocycles. The van der Waals surface area contributed by atoms with Crippen LogP contribution in [-0.4, -0.2) is 23.8 Å². The first-order valence-electron chi connectivity index (χ1n) is 6.22. The Labute approximate surface area is 102 Å². The summed E-state index contributed by atoms with van der Waals surface area (Å²) < 4.78 is 0. The molecule has 0 radical (unpaired) electrons. The van der Waals surface area contributed by atoms with Gasteiger partial charge < -0.3 is 10.4 Å². The molecule has 2 heterocycles. The van der Waals surface area contributed by atoms with Crippen molar-refractivity contribution in [3.8, 4) is 0 Å². The number of β-amino-alcohol motifs (C(OH)–C–C–N with tert-alkyl or cyclic N) is 1. The highest BCUT2D eigenvalue weighted by Crippen LogP contribution is 2.26. The number of hydrogen-bond acceptors (Lipinski definition) is 3. The zero-order valence-corrected chi connectivity index (χ0v) is 10.8. The van der Waals surface area contributed by atoms with Crippen molar-refractivity contribution in [3.05, 3.63) is 21.9 Å². The third kappa shape index (κ3) is 3.06. The largest absolute Gasteiger partial charge is 0.388 e. The Morgan fingerprint density at radius 1 is 1.44 bits per heavy atom. The van der Waals surface area contributed by atoms with Gasteiger partial charge in [0, 0.05) is 22.7 Å². The second-order valence-electron chi connectivity index (χ2n) is 4.80. The molecule has 0 aliphatic carbocycles. The van der Waals surface area contributed by atoms with E-state index in [2.05, 4.69) is 24.4 Å². The average Bonchev–Trinajstić information content (AvgIpc) is 2.66. The maximum atomic E-state index is 10.4. The topological polar surface area (TPSA) is 32.3 Å². The lowest BCUT2D eigenvalue weighted by atomic mass is 9.90. The van der Waals surface area contributed by atoms with Crippen molar-refractivity contribution < 1.29 is 5.11 Å². The fourth-order valence-electron chi connectivity index (χ4n) is 2.33. The van der Waals surface area contributed by atoms with Crippen LogP contribution in [0, 0.1) is 0 Å². The summed E-state index contributed by atoms with van der Waals surface area (Å²) in [6, 6.07) is 4.39. The first kappa shape index (κ1) is 12.1. The molecular formula is C13H21NOS. The molecule has 0 aromatic carbocycles. The molecule has 1 atom stereocenters. The number of thiophene rings is 1. The molecule has 1 aliphatic heterocycles. The van der Waals surface area contributed by atoms with Crippen LogP contribution in [0.15, 0.2) is 12.1 Å². The van der Waals surface area contributed by atoms with E-state index in [4.69, 9.17) is 0 Å². The van der Waals surface area contributed by atoms with Crippen molar-refractivity contribution in [3.63, 3.8) is 0 Å². The lowest BCUT2D eigenvalue weighted by Gasteiger charge is -2.32.